The molecule has 0 fully saturated rings. The second-order valence-corrected chi connectivity index (χ2v) is 7.48. The molecule has 0 saturated carbocycles. The minimum atomic E-state index is -0.205. The van der Waals surface area contributed by atoms with Crippen molar-refractivity contribution in [2.45, 2.75) is 19.9 Å². The number of anilines is 2. The zero-order valence-corrected chi connectivity index (χ0v) is 16.2. The van der Waals surface area contributed by atoms with E-state index in [-0.39, 0.29) is 11.9 Å². The Bertz CT molecular complexity index is 672. The molecule has 4 nitrogen and oxygen atoms in total. The van der Waals surface area contributed by atoms with E-state index in [2.05, 4.69) is 53.1 Å². The SMILES string of the molecule is CC(C)n1cc(N)cc1C(=O)Nc1c(Br)cc(Br)cc1Br. The van der Waals surface area contributed by atoms with Crippen LogP contribution in [0.5, 0.6) is 0 Å². The summed E-state index contributed by atoms with van der Waals surface area (Å²) in [5.41, 5.74) is 7.59. The number of nitrogens with zero attached hydrogens (tertiary/aromatic N) is 1. The highest BCUT2D eigenvalue weighted by Crippen LogP contribution is 2.34. The van der Waals surface area contributed by atoms with Crippen LogP contribution in [0.15, 0.2) is 37.8 Å². The maximum absolute atomic E-state index is 12.5. The third-order valence-corrected chi connectivity index (χ3v) is 4.61. The Morgan fingerprint density at radius 1 is 1.19 bits per heavy atom. The number of nitrogen functional groups attached to an aromatic ring is 1. The van der Waals surface area contributed by atoms with E-state index in [4.69, 9.17) is 5.73 Å². The Balaban J connectivity index is 2.35. The standard InChI is InChI=1S/C14H14Br3N3O/c1-7(2)20-6-9(18)5-12(20)14(21)19-13-10(16)3-8(15)4-11(13)17/h3-7H,18H2,1-2H3,(H,19,21). The molecule has 2 aromatic rings. The first-order valence-corrected chi connectivity index (χ1v) is 8.60. The van der Waals surface area contributed by atoms with E-state index < -0.39 is 0 Å². The number of rotatable bonds is 3. The van der Waals surface area contributed by atoms with Gasteiger partial charge in [0.05, 0.1) is 11.4 Å². The molecule has 0 atom stereocenters. The fraction of sp³-hybridized carbons (Fsp3) is 0.214. The van der Waals surface area contributed by atoms with Gasteiger partial charge < -0.3 is 15.6 Å². The molecular weight excluding hydrogens is 466 g/mol. The van der Waals surface area contributed by atoms with E-state index >= 15 is 0 Å². The lowest BCUT2D eigenvalue weighted by Gasteiger charge is -2.14. The van der Waals surface area contributed by atoms with Crippen molar-refractivity contribution < 1.29 is 4.79 Å². The number of hydrogen-bond acceptors (Lipinski definition) is 2. The molecule has 21 heavy (non-hydrogen) atoms. The van der Waals surface area contributed by atoms with Gasteiger partial charge in [-0.1, -0.05) is 15.9 Å². The van der Waals surface area contributed by atoms with Gasteiger partial charge in [-0.05, 0) is 63.9 Å². The normalized spacial score (nSPS) is 11.0. The molecule has 0 saturated heterocycles. The van der Waals surface area contributed by atoms with Gasteiger partial charge in [0.15, 0.2) is 0 Å². The Hall–Kier alpha value is -0.790. The minimum absolute atomic E-state index is 0.153. The van der Waals surface area contributed by atoms with E-state index in [0.717, 1.165) is 13.4 Å². The molecule has 0 aliphatic rings. The molecule has 7 heteroatoms. The summed E-state index contributed by atoms with van der Waals surface area (Å²) in [5.74, 6) is -0.205. The third kappa shape index (κ3) is 3.70. The van der Waals surface area contributed by atoms with E-state index in [1.54, 1.807) is 12.3 Å². The number of nitrogens with one attached hydrogen (secondary N) is 1. The van der Waals surface area contributed by atoms with Crippen LogP contribution < -0.4 is 11.1 Å². The Morgan fingerprint density at radius 3 is 2.29 bits per heavy atom. The highest BCUT2D eigenvalue weighted by atomic mass is 79.9. The molecule has 0 bridgehead atoms. The van der Waals surface area contributed by atoms with Crippen LogP contribution in [0.25, 0.3) is 0 Å². The molecule has 1 aromatic carbocycles. The van der Waals surface area contributed by atoms with Crippen LogP contribution >= 0.6 is 47.8 Å². The van der Waals surface area contributed by atoms with Crippen molar-refractivity contribution in [3.63, 3.8) is 0 Å². The zero-order chi connectivity index (χ0) is 15.7. The first-order chi connectivity index (χ1) is 9.79. The number of hydrogen-bond donors (Lipinski definition) is 2. The molecule has 1 heterocycles. The summed E-state index contributed by atoms with van der Waals surface area (Å²) in [5, 5.41) is 2.90. The van der Waals surface area contributed by atoms with Gasteiger partial charge in [0.1, 0.15) is 5.69 Å². The summed E-state index contributed by atoms with van der Waals surface area (Å²) < 4.78 is 4.33. The third-order valence-electron chi connectivity index (χ3n) is 2.90. The van der Waals surface area contributed by atoms with Crippen molar-refractivity contribution in [1.29, 1.82) is 0 Å². The van der Waals surface area contributed by atoms with Gasteiger partial charge in [-0.15, -0.1) is 0 Å². The van der Waals surface area contributed by atoms with Gasteiger partial charge in [-0.2, -0.15) is 0 Å². The van der Waals surface area contributed by atoms with Gasteiger partial charge in [-0.3, -0.25) is 4.79 Å². The van der Waals surface area contributed by atoms with Crippen molar-refractivity contribution in [3.8, 4) is 0 Å². The van der Waals surface area contributed by atoms with Gasteiger partial charge in [0.25, 0.3) is 5.91 Å². The van der Waals surface area contributed by atoms with Crippen molar-refractivity contribution in [2.24, 2.45) is 0 Å². The van der Waals surface area contributed by atoms with Gasteiger partial charge in [-0.25, -0.2) is 0 Å². The summed E-state index contributed by atoms with van der Waals surface area (Å²) in [6.45, 7) is 4.00. The second-order valence-electron chi connectivity index (χ2n) is 4.86. The Morgan fingerprint density at radius 2 is 1.76 bits per heavy atom. The zero-order valence-electron chi connectivity index (χ0n) is 11.5. The summed E-state index contributed by atoms with van der Waals surface area (Å²) in [4.78, 5) is 12.5. The smallest absolute Gasteiger partial charge is 0.272 e. The fourth-order valence-corrected chi connectivity index (χ4v) is 4.41. The fourth-order valence-electron chi connectivity index (χ4n) is 1.95. The first kappa shape index (κ1) is 16.6. The van der Waals surface area contributed by atoms with Crippen LogP contribution in [0.2, 0.25) is 0 Å². The number of aromatic nitrogens is 1. The lowest BCUT2D eigenvalue weighted by Crippen LogP contribution is -2.18. The summed E-state index contributed by atoms with van der Waals surface area (Å²) >= 11 is 10.3. The topological polar surface area (TPSA) is 60.0 Å². The summed E-state index contributed by atoms with van der Waals surface area (Å²) in [7, 11) is 0. The maximum Gasteiger partial charge on any atom is 0.272 e. The predicted octanol–water partition coefficient (Wildman–Crippen LogP) is 5.19. The van der Waals surface area contributed by atoms with Crippen molar-refractivity contribution >= 4 is 65.1 Å². The van der Waals surface area contributed by atoms with Crippen molar-refractivity contribution in [1.82, 2.24) is 4.57 Å². The highest BCUT2D eigenvalue weighted by Gasteiger charge is 2.17. The number of benzene rings is 1. The van der Waals surface area contributed by atoms with Crippen LogP contribution in [-0.2, 0) is 0 Å². The minimum Gasteiger partial charge on any atom is -0.397 e. The van der Waals surface area contributed by atoms with Crippen LogP contribution in [0.3, 0.4) is 0 Å². The molecule has 3 N–H and O–H groups in total. The van der Waals surface area contributed by atoms with E-state index in [0.29, 0.717) is 17.1 Å². The Kier molecular flexibility index (Phi) is 5.16. The monoisotopic (exact) mass is 477 g/mol. The number of carbonyl (C=O) groups excluding carboxylic acids is 1. The summed E-state index contributed by atoms with van der Waals surface area (Å²) in [6.07, 6.45) is 1.77. The number of amides is 1. The molecule has 0 spiro atoms. The quantitative estimate of drug-likeness (QED) is 0.636. The molecule has 0 aliphatic heterocycles. The maximum atomic E-state index is 12.5. The second kappa shape index (κ2) is 6.54. The predicted molar refractivity (Wildman–Crippen MR) is 96.7 cm³/mol. The molecular formula is C14H14Br3N3O. The molecule has 1 amide bonds. The molecule has 2 rings (SSSR count). The van der Waals surface area contributed by atoms with E-state index in [1.807, 2.05) is 30.5 Å². The lowest BCUT2D eigenvalue weighted by atomic mass is 10.3. The van der Waals surface area contributed by atoms with Crippen LogP contribution in [0, 0.1) is 0 Å². The molecule has 1 aromatic heterocycles. The number of halogens is 3. The van der Waals surface area contributed by atoms with Gasteiger partial charge in [0, 0.05) is 25.7 Å². The van der Waals surface area contributed by atoms with Gasteiger partial charge >= 0.3 is 0 Å². The Labute approximate surface area is 148 Å². The van der Waals surface area contributed by atoms with Crippen LogP contribution in [0.4, 0.5) is 11.4 Å². The molecule has 112 valence electrons. The lowest BCUT2D eigenvalue weighted by molar-refractivity contribution is 0.101. The molecule has 0 unspecified atom stereocenters. The largest absolute Gasteiger partial charge is 0.397 e. The highest BCUT2D eigenvalue weighted by molar-refractivity contribution is 9.11. The van der Waals surface area contributed by atoms with Crippen molar-refractivity contribution in [3.05, 3.63) is 43.5 Å². The average molecular weight is 480 g/mol. The van der Waals surface area contributed by atoms with Crippen molar-refractivity contribution in [2.75, 3.05) is 11.1 Å². The van der Waals surface area contributed by atoms with Gasteiger partial charge in [0.2, 0.25) is 0 Å². The van der Waals surface area contributed by atoms with Crippen LogP contribution in [0.1, 0.15) is 30.4 Å². The average Bonchev–Trinajstić information content (AvgIpc) is 2.76. The first-order valence-electron chi connectivity index (χ1n) is 6.23. The number of nitrogens with two attached hydrogens (primary N) is 1. The van der Waals surface area contributed by atoms with Crippen LogP contribution in [-0.4, -0.2) is 10.5 Å². The molecule has 0 radical (unpaired) electrons. The molecule has 0 aliphatic carbocycles. The van der Waals surface area contributed by atoms with E-state index in [9.17, 15) is 4.79 Å². The van der Waals surface area contributed by atoms with E-state index in [1.165, 1.54) is 0 Å². The number of carbonyl (C=O) groups is 1. The summed E-state index contributed by atoms with van der Waals surface area (Å²) in [6, 6.07) is 5.57.